The van der Waals surface area contributed by atoms with E-state index < -0.39 is 0 Å². The monoisotopic (exact) mass is 668 g/mol. The van der Waals surface area contributed by atoms with Crippen LogP contribution in [-0.2, 0) is 5.41 Å². The normalized spacial score (nSPS) is 14.8. The van der Waals surface area contributed by atoms with Crippen LogP contribution in [0.3, 0.4) is 0 Å². The van der Waals surface area contributed by atoms with Crippen LogP contribution in [0.5, 0.6) is 0 Å². The van der Waals surface area contributed by atoms with Crippen LogP contribution in [-0.4, -0.2) is 9.97 Å². The number of fused-ring (bicyclic) bond motifs is 6. The van der Waals surface area contributed by atoms with E-state index in [1.165, 1.54) is 59.1 Å². The second-order valence-electron chi connectivity index (χ2n) is 13.4. The van der Waals surface area contributed by atoms with E-state index in [1.54, 1.807) is 0 Å². The van der Waals surface area contributed by atoms with E-state index in [0.717, 1.165) is 33.9 Å². The van der Waals surface area contributed by atoms with Gasteiger partial charge in [0.2, 0.25) is 0 Å². The second kappa shape index (κ2) is 11.7. The second-order valence-corrected chi connectivity index (χ2v) is 14.5. The highest BCUT2D eigenvalue weighted by Crippen LogP contribution is 2.55. The third-order valence-electron chi connectivity index (χ3n) is 10.6. The molecule has 0 spiro atoms. The summed E-state index contributed by atoms with van der Waals surface area (Å²) in [6, 6.07) is 63.2. The van der Waals surface area contributed by atoms with Crippen molar-refractivity contribution in [1.82, 2.24) is 9.97 Å². The van der Waals surface area contributed by atoms with E-state index >= 15 is 0 Å². The van der Waals surface area contributed by atoms with Crippen molar-refractivity contribution >= 4 is 31.5 Å². The fourth-order valence-corrected chi connectivity index (χ4v) is 9.25. The van der Waals surface area contributed by atoms with Crippen molar-refractivity contribution in [2.24, 2.45) is 0 Å². The van der Waals surface area contributed by atoms with Crippen LogP contribution in [0.2, 0.25) is 0 Å². The molecule has 2 nitrogen and oxygen atoms in total. The Hall–Kier alpha value is -6.16. The maximum Gasteiger partial charge on any atom is 0.160 e. The summed E-state index contributed by atoms with van der Waals surface area (Å²) in [7, 11) is 0. The Labute approximate surface area is 301 Å². The minimum Gasteiger partial charge on any atom is -0.228 e. The number of nitrogens with zero attached hydrogens (tertiary/aromatic N) is 2. The summed E-state index contributed by atoms with van der Waals surface area (Å²) < 4.78 is 2.55. The van der Waals surface area contributed by atoms with Gasteiger partial charge in [0, 0.05) is 42.3 Å². The van der Waals surface area contributed by atoms with Crippen molar-refractivity contribution < 1.29 is 0 Å². The summed E-state index contributed by atoms with van der Waals surface area (Å²) in [4.78, 5) is 10.4. The lowest BCUT2D eigenvalue weighted by Crippen LogP contribution is -2.22. The minimum atomic E-state index is -0.231. The van der Waals surface area contributed by atoms with E-state index in [0.29, 0.717) is 0 Å². The average Bonchev–Trinajstić information content (AvgIpc) is 3.72. The minimum absolute atomic E-state index is 0.231. The van der Waals surface area contributed by atoms with Gasteiger partial charge in [-0.25, -0.2) is 9.97 Å². The number of hydrogen-bond acceptors (Lipinski definition) is 3. The Bertz CT molecular complexity index is 2750. The molecule has 0 saturated carbocycles. The summed E-state index contributed by atoms with van der Waals surface area (Å²) in [5.74, 6) is 0.724. The van der Waals surface area contributed by atoms with E-state index in [-0.39, 0.29) is 5.41 Å². The molecule has 0 N–H and O–H groups in total. The molecule has 1 unspecified atom stereocenters. The Balaban J connectivity index is 1.12. The van der Waals surface area contributed by atoms with Crippen molar-refractivity contribution in [3.63, 3.8) is 0 Å². The van der Waals surface area contributed by atoms with Gasteiger partial charge >= 0.3 is 0 Å². The molecular formula is C48H32N2S. The van der Waals surface area contributed by atoms with Crippen LogP contribution < -0.4 is 0 Å². The van der Waals surface area contributed by atoms with Crippen LogP contribution in [0, 0.1) is 0 Å². The maximum atomic E-state index is 5.19. The predicted octanol–water partition coefficient (Wildman–Crippen LogP) is 12.8. The highest BCUT2D eigenvalue weighted by molar-refractivity contribution is 7.25. The number of benzene rings is 7. The molecule has 0 aliphatic heterocycles. The maximum absolute atomic E-state index is 5.19. The van der Waals surface area contributed by atoms with E-state index in [9.17, 15) is 0 Å². The van der Waals surface area contributed by atoms with E-state index in [4.69, 9.17) is 9.97 Å². The fourth-order valence-electron chi connectivity index (χ4n) is 8.12. The van der Waals surface area contributed by atoms with Gasteiger partial charge in [-0.1, -0.05) is 158 Å². The summed E-state index contributed by atoms with van der Waals surface area (Å²) in [5.41, 5.74) is 13.9. The Morgan fingerprint density at radius 1 is 0.451 bits per heavy atom. The predicted molar refractivity (Wildman–Crippen MR) is 214 cm³/mol. The van der Waals surface area contributed by atoms with Crippen molar-refractivity contribution in [1.29, 1.82) is 0 Å². The lowest BCUT2D eigenvalue weighted by molar-refractivity contribution is 0.714. The highest BCUT2D eigenvalue weighted by Gasteiger charge is 2.41. The molecule has 0 saturated heterocycles. The first-order valence-corrected chi connectivity index (χ1v) is 18.2. The molecule has 2 aromatic heterocycles. The molecule has 0 amide bonds. The first kappa shape index (κ1) is 29.7. The molecule has 0 fully saturated rings. The van der Waals surface area contributed by atoms with Crippen molar-refractivity contribution in [3.8, 4) is 56.2 Å². The first-order valence-electron chi connectivity index (χ1n) is 17.4. The van der Waals surface area contributed by atoms with Gasteiger partial charge in [-0.2, -0.15) is 0 Å². The quantitative estimate of drug-likeness (QED) is 0.182. The van der Waals surface area contributed by atoms with Gasteiger partial charge in [-0.05, 0) is 64.1 Å². The average molecular weight is 669 g/mol. The smallest absolute Gasteiger partial charge is 0.160 e. The van der Waals surface area contributed by atoms with Gasteiger partial charge in [0.25, 0.3) is 0 Å². The van der Waals surface area contributed by atoms with Gasteiger partial charge < -0.3 is 0 Å². The number of rotatable bonds is 5. The summed E-state index contributed by atoms with van der Waals surface area (Å²) >= 11 is 1.83. The molecule has 7 aromatic carbocycles. The Kier molecular flexibility index (Phi) is 6.83. The van der Waals surface area contributed by atoms with Crippen LogP contribution in [0.4, 0.5) is 0 Å². The van der Waals surface area contributed by atoms with Crippen LogP contribution in [0.1, 0.15) is 23.6 Å². The molecule has 3 heteroatoms. The van der Waals surface area contributed by atoms with Gasteiger partial charge in [-0.3, -0.25) is 0 Å². The zero-order chi connectivity index (χ0) is 33.9. The molecule has 2 heterocycles. The Morgan fingerprint density at radius 3 is 1.90 bits per heavy atom. The van der Waals surface area contributed by atoms with Crippen LogP contribution >= 0.6 is 11.3 Å². The van der Waals surface area contributed by atoms with Crippen molar-refractivity contribution in [2.75, 3.05) is 0 Å². The zero-order valence-corrected chi connectivity index (χ0v) is 28.9. The SMILES string of the molecule is CC1(c2ccccc2)c2ccccc2-c2c(-c3ccc(-c4cc(-c5cccc6sc7ccccc7c56)nc(-c5ccccc5)n4)cc3)cccc21. The van der Waals surface area contributed by atoms with Gasteiger partial charge in [0.15, 0.2) is 5.82 Å². The van der Waals surface area contributed by atoms with Gasteiger partial charge in [-0.15, -0.1) is 11.3 Å². The number of hydrogen-bond donors (Lipinski definition) is 0. The fraction of sp³-hybridized carbons (Fsp3) is 0.0417. The standard InChI is InChI=1S/C48H32N2S/c1-48(34-16-6-3-7-17-34)39-22-10-8-18-36(39)45-35(20-12-23-40(45)48)31-26-28-32(29-27-31)41-30-42(50-47(49-41)33-14-4-2-5-15-33)37-21-13-25-44-46(37)38-19-9-11-24-43(38)51-44/h2-30H,1H3. The molecule has 0 bridgehead atoms. The van der Waals surface area contributed by atoms with Crippen molar-refractivity contribution in [3.05, 3.63) is 193 Å². The van der Waals surface area contributed by atoms with Crippen LogP contribution in [0.15, 0.2) is 176 Å². The molecule has 240 valence electrons. The number of thiophene rings is 1. The molecule has 0 radical (unpaired) electrons. The van der Waals surface area contributed by atoms with E-state index in [2.05, 4.69) is 165 Å². The largest absolute Gasteiger partial charge is 0.228 e. The lowest BCUT2D eigenvalue weighted by atomic mass is 9.74. The lowest BCUT2D eigenvalue weighted by Gasteiger charge is -2.28. The molecule has 10 rings (SSSR count). The van der Waals surface area contributed by atoms with Crippen LogP contribution in [0.25, 0.3) is 76.3 Å². The molecular weight excluding hydrogens is 637 g/mol. The van der Waals surface area contributed by atoms with E-state index in [1.807, 2.05) is 29.5 Å². The topological polar surface area (TPSA) is 25.8 Å². The van der Waals surface area contributed by atoms with Crippen molar-refractivity contribution in [2.45, 2.75) is 12.3 Å². The summed E-state index contributed by atoms with van der Waals surface area (Å²) in [5, 5.41) is 2.51. The molecule has 1 aliphatic carbocycles. The highest BCUT2D eigenvalue weighted by atomic mass is 32.1. The third-order valence-corrected chi connectivity index (χ3v) is 11.8. The molecule has 9 aromatic rings. The third kappa shape index (κ3) is 4.70. The Morgan fingerprint density at radius 2 is 1.06 bits per heavy atom. The zero-order valence-electron chi connectivity index (χ0n) is 28.0. The summed E-state index contributed by atoms with van der Waals surface area (Å²) in [6.07, 6.45) is 0. The molecule has 1 aliphatic rings. The van der Waals surface area contributed by atoms with Gasteiger partial charge in [0.05, 0.1) is 11.4 Å². The van der Waals surface area contributed by atoms with Gasteiger partial charge in [0.1, 0.15) is 0 Å². The molecule has 1 atom stereocenters. The number of aromatic nitrogens is 2. The first-order chi connectivity index (χ1) is 25.2. The summed E-state index contributed by atoms with van der Waals surface area (Å²) in [6.45, 7) is 2.37. The molecule has 51 heavy (non-hydrogen) atoms.